The normalized spacial score (nSPS) is 14.7. The van der Waals surface area contributed by atoms with Crippen molar-refractivity contribution in [1.82, 2.24) is 10.3 Å². The maximum absolute atomic E-state index is 14.6. The fourth-order valence-corrected chi connectivity index (χ4v) is 2.73. The molecule has 0 amide bonds. The lowest BCUT2D eigenvalue weighted by Crippen LogP contribution is -2.33. The minimum Gasteiger partial charge on any atom is -0.397 e. The molecule has 26 heavy (non-hydrogen) atoms. The van der Waals surface area contributed by atoms with E-state index < -0.39 is 11.9 Å². The molecule has 0 spiro atoms. The quantitative estimate of drug-likeness (QED) is 0.344. The molecule has 2 heterocycles. The van der Waals surface area contributed by atoms with E-state index in [1.165, 1.54) is 12.1 Å². The molecule has 0 saturated heterocycles. The van der Waals surface area contributed by atoms with Crippen molar-refractivity contribution in [3.05, 3.63) is 46.3 Å². The van der Waals surface area contributed by atoms with Crippen molar-refractivity contribution in [3.8, 4) is 24.6 Å². The summed E-state index contributed by atoms with van der Waals surface area (Å²) < 4.78 is 14.6. The number of nitrogens with zero attached hydrogens (tertiary/aromatic N) is 4. The molecule has 1 aliphatic rings. The van der Waals surface area contributed by atoms with Crippen molar-refractivity contribution in [2.24, 2.45) is 4.99 Å². The lowest BCUT2D eigenvalue weighted by molar-refractivity contribution is 0.598. The third-order valence-electron chi connectivity index (χ3n) is 3.84. The molecule has 126 valence electrons. The molecule has 0 radical (unpaired) electrons. The van der Waals surface area contributed by atoms with Gasteiger partial charge in [0.25, 0.3) is 0 Å². The first kappa shape index (κ1) is 16.6. The summed E-state index contributed by atoms with van der Waals surface area (Å²) in [6, 6.07) is 5.12. The highest BCUT2D eigenvalue weighted by atomic mass is 19.1. The first-order valence-corrected chi connectivity index (χ1v) is 7.25. The summed E-state index contributed by atoms with van der Waals surface area (Å²) in [5.74, 6) is 1.88. The molecule has 3 rings (SSSR count). The third kappa shape index (κ3) is 2.48. The zero-order valence-corrected chi connectivity index (χ0v) is 13.2. The van der Waals surface area contributed by atoms with Crippen LogP contribution in [0.2, 0.25) is 0 Å². The van der Waals surface area contributed by atoms with Gasteiger partial charge in [0.2, 0.25) is 5.96 Å². The van der Waals surface area contributed by atoms with E-state index in [-0.39, 0.29) is 45.5 Å². The van der Waals surface area contributed by atoms with E-state index in [1.54, 1.807) is 12.3 Å². The molecule has 1 unspecified atom stereocenters. The number of halogens is 1. The molecule has 1 aromatic carbocycles. The molecule has 1 atom stereocenters. The van der Waals surface area contributed by atoms with E-state index in [4.69, 9.17) is 23.2 Å². The predicted molar refractivity (Wildman–Crippen MR) is 93.8 cm³/mol. The highest BCUT2D eigenvalue weighted by Gasteiger charge is 2.32. The summed E-state index contributed by atoms with van der Waals surface area (Å²) in [5.41, 5.74) is 12.4. The van der Waals surface area contributed by atoms with E-state index in [0.717, 1.165) is 0 Å². The Morgan fingerprint density at radius 3 is 2.69 bits per heavy atom. The highest BCUT2D eigenvalue weighted by molar-refractivity contribution is 5.98. The van der Waals surface area contributed by atoms with Crippen molar-refractivity contribution < 1.29 is 4.39 Å². The van der Waals surface area contributed by atoms with Crippen molar-refractivity contribution in [3.63, 3.8) is 0 Å². The molecule has 0 fully saturated rings. The van der Waals surface area contributed by atoms with Crippen LogP contribution in [-0.4, -0.2) is 10.9 Å². The van der Waals surface area contributed by atoms with Gasteiger partial charge in [-0.25, -0.2) is 14.4 Å². The number of aromatic nitrogens is 1. The number of nitrogens with two attached hydrogens (primary N) is 2. The highest BCUT2D eigenvalue weighted by Crippen LogP contribution is 2.42. The topological polar surface area (TPSA) is 149 Å². The second-order valence-electron chi connectivity index (χ2n) is 5.25. The number of terminal acetylenes is 1. The Hall–Kier alpha value is -4.29. The number of fused-ring (bicyclic) bond motifs is 1. The Morgan fingerprint density at radius 1 is 1.27 bits per heavy atom. The van der Waals surface area contributed by atoms with Crippen LogP contribution in [0.4, 0.5) is 21.7 Å². The number of aliphatic imine (C=N–C) groups is 1. The molecule has 0 aliphatic carbocycles. The number of benzene rings is 1. The van der Waals surface area contributed by atoms with Crippen LogP contribution in [0, 0.1) is 40.9 Å². The Morgan fingerprint density at radius 2 is 2.04 bits per heavy atom. The number of hydrogen-bond donors (Lipinski definition) is 4. The number of anilines is 3. The van der Waals surface area contributed by atoms with Crippen LogP contribution in [0.3, 0.4) is 0 Å². The number of guanidine groups is 1. The molecule has 8 nitrogen and oxygen atoms in total. The minimum absolute atomic E-state index is 0.0125. The molecule has 0 saturated carbocycles. The van der Waals surface area contributed by atoms with Crippen LogP contribution in [0.25, 0.3) is 0 Å². The largest absolute Gasteiger partial charge is 0.397 e. The van der Waals surface area contributed by atoms with Gasteiger partial charge in [-0.1, -0.05) is 12.0 Å². The second-order valence-corrected chi connectivity index (χ2v) is 5.25. The van der Waals surface area contributed by atoms with Crippen molar-refractivity contribution >= 4 is 23.3 Å². The summed E-state index contributed by atoms with van der Waals surface area (Å²) in [6.45, 7) is 0. The maximum atomic E-state index is 14.6. The Bertz CT molecular complexity index is 1070. The Balaban J connectivity index is 2.35. The van der Waals surface area contributed by atoms with Gasteiger partial charge in [-0.05, 0) is 12.1 Å². The average molecular weight is 346 g/mol. The van der Waals surface area contributed by atoms with E-state index >= 15 is 0 Å². The van der Waals surface area contributed by atoms with Gasteiger partial charge in [0, 0.05) is 16.7 Å². The number of nitriles is 2. The average Bonchev–Trinajstić information content (AvgIpc) is 2.61. The van der Waals surface area contributed by atoms with Crippen molar-refractivity contribution in [2.75, 3.05) is 16.8 Å². The Labute approximate surface area is 148 Å². The van der Waals surface area contributed by atoms with Gasteiger partial charge < -0.3 is 16.8 Å². The standard InChI is InChI=1S/C17H11FN8/c1-2-8-4-3-5-10(18)11(8)14-12-13(21)9(6-19)15(22)25-16(12)26-17(24-14)23-7-20/h1,3-5,14H,(H6,21,22,23,24,25,26). The van der Waals surface area contributed by atoms with Crippen LogP contribution in [-0.2, 0) is 0 Å². The molecule has 1 aliphatic heterocycles. The van der Waals surface area contributed by atoms with Crippen molar-refractivity contribution in [2.45, 2.75) is 6.04 Å². The van der Waals surface area contributed by atoms with Gasteiger partial charge in [-0.3, -0.25) is 5.32 Å². The first-order valence-electron chi connectivity index (χ1n) is 7.25. The Kier molecular flexibility index (Phi) is 4.02. The van der Waals surface area contributed by atoms with Gasteiger partial charge in [0.1, 0.15) is 35.1 Å². The van der Waals surface area contributed by atoms with E-state index in [9.17, 15) is 9.65 Å². The zero-order chi connectivity index (χ0) is 18.8. The van der Waals surface area contributed by atoms with E-state index in [2.05, 4.69) is 26.5 Å². The summed E-state index contributed by atoms with van der Waals surface area (Å²) in [4.78, 5) is 8.38. The molecule has 0 bridgehead atoms. The van der Waals surface area contributed by atoms with Gasteiger partial charge in [0.15, 0.2) is 6.19 Å². The molecular formula is C17H11FN8. The van der Waals surface area contributed by atoms with Crippen LogP contribution in [0.15, 0.2) is 23.2 Å². The first-order chi connectivity index (χ1) is 12.5. The third-order valence-corrected chi connectivity index (χ3v) is 3.84. The van der Waals surface area contributed by atoms with Gasteiger partial charge in [0.05, 0.1) is 5.69 Å². The summed E-state index contributed by atoms with van der Waals surface area (Å²) in [7, 11) is 0. The van der Waals surface area contributed by atoms with Crippen molar-refractivity contribution in [1.29, 1.82) is 10.5 Å². The second kappa shape index (κ2) is 6.31. The lowest BCUT2D eigenvalue weighted by Gasteiger charge is -2.27. The molecule has 2 aromatic rings. The number of pyridine rings is 1. The van der Waals surface area contributed by atoms with E-state index in [1.807, 2.05) is 6.07 Å². The predicted octanol–water partition coefficient (Wildman–Crippen LogP) is 1.18. The smallest absolute Gasteiger partial charge is 0.211 e. The van der Waals surface area contributed by atoms with Crippen LogP contribution >= 0.6 is 0 Å². The fourth-order valence-electron chi connectivity index (χ4n) is 2.73. The molecule has 6 N–H and O–H groups in total. The fraction of sp³-hybridized carbons (Fsp3) is 0.0588. The van der Waals surface area contributed by atoms with Crippen LogP contribution < -0.4 is 22.1 Å². The van der Waals surface area contributed by atoms with Gasteiger partial charge >= 0.3 is 0 Å². The van der Waals surface area contributed by atoms with Crippen LogP contribution in [0.5, 0.6) is 0 Å². The number of rotatable bonds is 1. The lowest BCUT2D eigenvalue weighted by atomic mass is 9.91. The summed E-state index contributed by atoms with van der Waals surface area (Å²) in [5, 5.41) is 23.2. The van der Waals surface area contributed by atoms with Gasteiger partial charge in [-0.15, -0.1) is 6.42 Å². The number of nitrogen functional groups attached to an aromatic ring is 2. The SMILES string of the molecule is C#Cc1cccc(F)c1C1N=C(NC#N)Nc2nc(N)c(C#N)c(N)c21. The molecular weight excluding hydrogens is 335 g/mol. The molecule has 1 aromatic heterocycles. The summed E-state index contributed by atoms with van der Waals surface area (Å²) >= 11 is 0. The number of nitrogens with one attached hydrogen (secondary N) is 2. The van der Waals surface area contributed by atoms with Crippen LogP contribution in [0.1, 0.15) is 28.3 Å². The summed E-state index contributed by atoms with van der Waals surface area (Å²) in [6.07, 6.45) is 7.21. The van der Waals surface area contributed by atoms with Gasteiger partial charge in [-0.2, -0.15) is 10.5 Å². The molecule has 9 heteroatoms. The monoisotopic (exact) mass is 346 g/mol. The maximum Gasteiger partial charge on any atom is 0.211 e. The zero-order valence-electron chi connectivity index (χ0n) is 13.2. The van der Waals surface area contributed by atoms with E-state index in [0.29, 0.717) is 0 Å². The number of hydrogen-bond acceptors (Lipinski definition) is 8. The minimum atomic E-state index is -1.02.